The molecule has 0 unspecified atom stereocenters. The van der Waals surface area contributed by atoms with E-state index in [-0.39, 0.29) is 11.8 Å². The fourth-order valence-electron chi connectivity index (χ4n) is 3.76. The Hall–Kier alpha value is -3.40. The summed E-state index contributed by atoms with van der Waals surface area (Å²) in [5.74, 6) is -0.368. The van der Waals surface area contributed by atoms with Gasteiger partial charge in [0, 0.05) is 18.8 Å². The van der Waals surface area contributed by atoms with Crippen molar-refractivity contribution in [2.24, 2.45) is 0 Å². The lowest BCUT2D eigenvalue weighted by Crippen LogP contribution is -2.38. The van der Waals surface area contributed by atoms with Gasteiger partial charge in [0.1, 0.15) is 5.82 Å². The highest BCUT2D eigenvalue weighted by Crippen LogP contribution is 2.18. The Morgan fingerprint density at radius 3 is 2.36 bits per heavy atom. The summed E-state index contributed by atoms with van der Waals surface area (Å²) < 4.78 is 13.6. The van der Waals surface area contributed by atoms with Gasteiger partial charge in [-0.1, -0.05) is 98.1 Å². The lowest BCUT2D eigenvalue weighted by atomic mass is 10.0. The van der Waals surface area contributed by atoms with Crippen LogP contribution >= 0.6 is 0 Å². The molecule has 3 nitrogen and oxygen atoms in total. The standard InChI is InChI=1S/C29H33FN2O/c1-2-3-6-16-26(21-25-14-9-5-10-15-25)23-32(20-19-24-12-7-4-8-13-24)29(33)31-28-18-11-17-27(30)22-28/h4-5,7-15,17-18,21-22H,2-3,6,16,19-20,23H2,1H3,(H,31,33)/b26-21+. The average molecular weight is 445 g/mol. The molecule has 0 fully saturated rings. The monoisotopic (exact) mass is 444 g/mol. The van der Waals surface area contributed by atoms with Crippen LogP contribution in [0.5, 0.6) is 0 Å². The molecular weight excluding hydrogens is 411 g/mol. The van der Waals surface area contributed by atoms with Crippen LogP contribution in [0.25, 0.3) is 6.08 Å². The maximum atomic E-state index is 13.6. The van der Waals surface area contributed by atoms with E-state index in [4.69, 9.17) is 0 Å². The Bertz CT molecular complexity index is 1020. The molecule has 0 aliphatic rings. The smallest absolute Gasteiger partial charge is 0.320 e. The van der Waals surface area contributed by atoms with Crippen molar-refractivity contribution in [3.63, 3.8) is 0 Å². The molecular formula is C29H33FN2O. The molecule has 3 aromatic carbocycles. The van der Waals surface area contributed by atoms with Gasteiger partial charge in [0.05, 0.1) is 0 Å². The van der Waals surface area contributed by atoms with E-state index in [1.54, 1.807) is 12.1 Å². The highest BCUT2D eigenvalue weighted by molar-refractivity contribution is 5.89. The first-order chi connectivity index (χ1) is 16.1. The summed E-state index contributed by atoms with van der Waals surface area (Å²) in [4.78, 5) is 15.1. The number of halogens is 1. The molecule has 172 valence electrons. The minimum Gasteiger partial charge on any atom is -0.320 e. The van der Waals surface area contributed by atoms with E-state index in [0.29, 0.717) is 18.8 Å². The van der Waals surface area contributed by atoms with Crippen LogP contribution in [-0.2, 0) is 6.42 Å². The Morgan fingerprint density at radius 1 is 0.939 bits per heavy atom. The second-order valence-electron chi connectivity index (χ2n) is 8.27. The van der Waals surface area contributed by atoms with Crippen LogP contribution in [0.1, 0.15) is 43.7 Å². The van der Waals surface area contributed by atoms with E-state index >= 15 is 0 Å². The molecule has 0 aromatic heterocycles. The van der Waals surface area contributed by atoms with Crippen LogP contribution in [0.2, 0.25) is 0 Å². The topological polar surface area (TPSA) is 32.3 Å². The summed E-state index contributed by atoms with van der Waals surface area (Å²) in [6.45, 7) is 3.30. The van der Waals surface area contributed by atoms with E-state index in [1.165, 1.54) is 23.3 Å². The molecule has 0 aliphatic carbocycles. The number of hydrogen-bond donors (Lipinski definition) is 1. The third kappa shape index (κ3) is 8.57. The fourth-order valence-corrected chi connectivity index (χ4v) is 3.76. The van der Waals surface area contributed by atoms with Gasteiger partial charge in [-0.15, -0.1) is 0 Å². The Labute approximate surface area is 197 Å². The van der Waals surface area contributed by atoms with Crippen molar-refractivity contribution in [2.45, 2.75) is 39.0 Å². The molecule has 2 amide bonds. The summed E-state index contributed by atoms with van der Waals surface area (Å²) >= 11 is 0. The lowest BCUT2D eigenvalue weighted by Gasteiger charge is -2.25. The Balaban J connectivity index is 1.79. The number of unbranched alkanes of at least 4 members (excludes halogenated alkanes) is 2. The molecule has 0 aliphatic heterocycles. The molecule has 0 atom stereocenters. The zero-order valence-electron chi connectivity index (χ0n) is 19.3. The summed E-state index contributed by atoms with van der Waals surface area (Å²) in [5.41, 5.74) is 4.00. The summed E-state index contributed by atoms with van der Waals surface area (Å²) in [6.07, 6.45) is 7.29. The molecule has 0 bridgehead atoms. The number of rotatable bonds is 11. The zero-order chi connectivity index (χ0) is 23.3. The molecule has 0 radical (unpaired) electrons. The van der Waals surface area contributed by atoms with E-state index in [2.05, 4.69) is 42.6 Å². The molecule has 0 spiro atoms. The summed E-state index contributed by atoms with van der Waals surface area (Å²) in [6, 6.07) is 26.2. The van der Waals surface area contributed by atoms with Crippen LogP contribution < -0.4 is 5.32 Å². The molecule has 3 aromatic rings. The molecule has 0 saturated carbocycles. The van der Waals surface area contributed by atoms with E-state index in [1.807, 2.05) is 41.3 Å². The van der Waals surface area contributed by atoms with Gasteiger partial charge in [0.2, 0.25) is 0 Å². The Kier molecular flexibility index (Phi) is 9.71. The predicted molar refractivity (Wildman–Crippen MR) is 136 cm³/mol. The van der Waals surface area contributed by atoms with Crippen molar-refractivity contribution >= 4 is 17.8 Å². The first kappa shape index (κ1) is 24.2. The van der Waals surface area contributed by atoms with Crippen molar-refractivity contribution in [3.05, 3.63) is 107 Å². The van der Waals surface area contributed by atoms with Gasteiger partial charge < -0.3 is 10.2 Å². The predicted octanol–water partition coefficient (Wildman–Crippen LogP) is 7.57. The molecule has 33 heavy (non-hydrogen) atoms. The first-order valence-electron chi connectivity index (χ1n) is 11.7. The highest BCUT2D eigenvalue weighted by atomic mass is 19.1. The second-order valence-corrected chi connectivity index (χ2v) is 8.27. The average Bonchev–Trinajstić information content (AvgIpc) is 2.83. The largest absolute Gasteiger partial charge is 0.322 e. The minimum atomic E-state index is -0.368. The van der Waals surface area contributed by atoms with Gasteiger partial charge in [-0.25, -0.2) is 9.18 Å². The highest BCUT2D eigenvalue weighted by Gasteiger charge is 2.16. The maximum Gasteiger partial charge on any atom is 0.322 e. The number of amides is 2. The summed E-state index contributed by atoms with van der Waals surface area (Å²) in [5, 5.41) is 2.88. The molecule has 1 N–H and O–H groups in total. The number of nitrogens with one attached hydrogen (secondary N) is 1. The third-order valence-electron chi connectivity index (χ3n) is 5.54. The van der Waals surface area contributed by atoms with E-state index in [0.717, 1.165) is 37.7 Å². The van der Waals surface area contributed by atoms with Crippen molar-refractivity contribution in [2.75, 3.05) is 18.4 Å². The van der Waals surface area contributed by atoms with Crippen LogP contribution in [0.4, 0.5) is 14.9 Å². The van der Waals surface area contributed by atoms with Crippen LogP contribution in [0.3, 0.4) is 0 Å². The van der Waals surface area contributed by atoms with Crippen LogP contribution in [-0.4, -0.2) is 24.0 Å². The van der Waals surface area contributed by atoms with Gasteiger partial charge in [0.15, 0.2) is 0 Å². The second kappa shape index (κ2) is 13.2. The van der Waals surface area contributed by atoms with E-state index in [9.17, 15) is 9.18 Å². The van der Waals surface area contributed by atoms with Crippen LogP contribution in [0, 0.1) is 5.82 Å². The van der Waals surface area contributed by atoms with Crippen molar-refractivity contribution in [3.8, 4) is 0 Å². The maximum absolute atomic E-state index is 13.6. The van der Waals surface area contributed by atoms with Crippen molar-refractivity contribution in [1.29, 1.82) is 0 Å². The number of nitrogens with zero attached hydrogens (tertiary/aromatic N) is 1. The third-order valence-corrected chi connectivity index (χ3v) is 5.54. The van der Waals surface area contributed by atoms with Gasteiger partial charge in [0.25, 0.3) is 0 Å². The Morgan fingerprint density at radius 2 is 1.67 bits per heavy atom. The molecule has 0 saturated heterocycles. The van der Waals surface area contributed by atoms with Crippen molar-refractivity contribution < 1.29 is 9.18 Å². The van der Waals surface area contributed by atoms with Crippen LogP contribution in [0.15, 0.2) is 90.5 Å². The quantitative estimate of drug-likeness (QED) is 0.304. The fraction of sp³-hybridized carbons (Fsp3) is 0.276. The van der Waals surface area contributed by atoms with Gasteiger partial charge >= 0.3 is 6.03 Å². The number of carbonyl (C=O) groups is 1. The molecule has 3 rings (SSSR count). The number of urea groups is 1. The van der Waals surface area contributed by atoms with Crippen molar-refractivity contribution in [1.82, 2.24) is 4.90 Å². The van der Waals surface area contributed by atoms with E-state index < -0.39 is 0 Å². The zero-order valence-corrected chi connectivity index (χ0v) is 19.3. The van der Waals surface area contributed by atoms with Gasteiger partial charge in [-0.2, -0.15) is 0 Å². The summed E-state index contributed by atoms with van der Waals surface area (Å²) in [7, 11) is 0. The number of carbonyl (C=O) groups excluding carboxylic acids is 1. The number of anilines is 1. The number of benzene rings is 3. The number of hydrogen-bond acceptors (Lipinski definition) is 1. The molecule has 4 heteroatoms. The molecule has 0 heterocycles. The minimum absolute atomic E-state index is 0.217. The SMILES string of the molecule is CCCCC/C(=C\c1ccccc1)CN(CCc1ccccc1)C(=O)Nc1cccc(F)c1. The first-order valence-corrected chi connectivity index (χ1v) is 11.7. The van der Waals surface area contributed by atoms with Gasteiger partial charge in [-0.05, 0) is 48.6 Å². The normalized spacial score (nSPS) is 11.3. The lowest BCUT2D eigenvalue weighted by molar-refractivity contribution is 0.216. The van der Waals surface area contributed by atoms with Gasteiger partial charge in [-0.3, -0.25) is 0 Å².